The quantitative estimate of drug-likeness (QED) is 0.428. The van der Waals surface area contributed by atoms with Gasteiger partial charge in [0, 0.05) is 20.0 Å². The van der Waals surface area contributed by atoms with Crippen LogP contribution in [0, 0.1) is 0 Å². The summed E-state index contributed by atoms with van der Waals surface area (Å²) in [4.78, 5) is 38.0. The molecule has 0 aromatic heterocycles. The molecule has 0 spiro atoms. The predicted octanol–water partition coefficient (Wildman–Crippen LogP) is 0.149. The number of carboxylic acids is 1. The van der Waals surface area contributed by atoms with Crippen molar-refractivity contribution in [1.82, 2.24) is 15.5 Å². The number of benzene rings is 2. The summed E-state index contributed by atoms with van der Waals surface area (Å²) in [7, 11) is 1.69. The number of nitrogens with one attached hydrogen (secondary N) is 2. The van der Waals surface area contributed by atoms with Gasteiger partial charge in [-0.05, 0) is 11.1 Å². The summed E-state index contributed by atoms with van der Waals surface area (Å²) in [6.45, 7) is 0.417. The van der Waals surface area contributed by atoms with E-state index < -0.39 is 30.0 Å². The number of likely N-dealkylation sites (N-methyl/N-ethyl adjacent to an activating group) is 1. The summed E-state index contributed by atoms with van der Waals surface area (Å²) < 4.78 is 0. The van der Waals surface area contributed by atoms with E-state index in [-0.39, 0.29) is 35.5 Å². The molecule has 0 aliphatic carbocycles. The zero-order valence-corrected chi connectivity index (χ0v) is 15.5. The first-order valence-electron chi connectivity index (χ1n) is 9.08. The number of nitrogens with zero attached hydrogens (tertiary/aromatic N) is 1. The van der Waals surface area contributed by atoms with Crippen molar-refractivity contribution in [2.75, 3.05) is 7.05 Å². The average molecular weight is 405 g/mol. The third kappa shape index (κ3) is 6.40. The van der Waals surface area contributed by atoms with E-state index in [0.29, 0.717) is 13.0 Å². The summed E-state index contributed by atoms with van der Waals surface area (Å²) >= 11 is 0. The van der Waals surface area contributed by atoms with E-state index in [9.17, 15) is 14.4 Å². The number of hydrogen-bond acceptors (Lipinski definition) is 4. The van der Waals surface area contributed by atoms with Crippen LogP contribution in [-0.4, -0.2) is 82.5 Å². The van der Waals surface area contributed by atoms with Crippen LogP contribution in [0.3, 0.4) is 0 Å². The molecule has 2 aromatic rings. The average Bonchev–Trinajstić information content (AvgIpc) is 3.50. The van der Waals surface area contributed by atoms with Gasteiger partial charge in [-0.25, -0.2) is 0 Å². The standard InChI is InChI=1S/C21H23N3O4.Na.H/c1-24(13-15-10-6-3-7-11-15)20(26)16(12-14-8-4-2-5-9-14)22-19(25)17-18(23-17)21(27)28;;/h2-11,16-18,23H,12-13H2,1H3,(H,22,25)(H,27,28);;/t16-,17-,18-;;/m0../s1. The van der Waals surface area contributed by atoms with Gasteiger partial charge >= 0.3 is 35.5 Å². The van der Waals surface area contributed by atoms with Gasteiger partial charge in [-0.2, -0.15) is 0 Å². The van der Waals surface area contributed by atoms with Gasteiger partial charge < -0.3 is 15.3 Å². The summed E-state index contributed by atoms with van der Waals surface area (Å²) in [6.07, 6.45) is 0.328. The van der Waals surface area contributed by atoms with Crippen molar-refractivity contribution in [2.24, 2.45) is 0 Å². The van der Waals surface area contributed by atoms with Crippen molar-refractivity contribution in [1.29, 1.82) is 0 Å². The fraction of sp³-hybridized carbons (Fsp3) is 0.286. The molecule has 1 aliphatic heterocycles. The van der Waals surface area contributed by atoms with Crippen LogP contribution >= 0.6 is 0 Å². The van der Waals surface area contributed by atoms with Gasteiger partial charge in [-0.1, -0.05) is 60.7 Å². The molecule has 29 heavy (non-hydrogen) atoms. The fourth-order valence-corrected chi connectivity index (χ4v) is 3.09. The van der Waals surface area contributed by atoms with E-state index in [2.05, 4.69) is 10.6 Å². The minimum atomic E-state index is -1.08. The molecule has 3 N–H and O–H groups in total. The van der Waals surface area contributed by atoms with Crippen molar-refractivity contribution < 1.29 is 19.5 Å². The Hall–Kier alpha value is -2.19. The van der Waals surface area contributed by atoms with Gasteiger partial charge in [0.15, 0.2) is 0 Å². The zero-order valence-electron chi connectivity index (χ0n) is 15.5. The molecule has 1 aliphatic rings. The number of carbonyl (C=O) groups excluding carboxylic acids is 2. The monoisotopic (exact) mass is 405 g/mol. The Balaban J connectivity index is 0.00000300. The molecular weight excluding hydrogens is 381 g/mol. The minimum absolute atomic E-state index is 0. The van der Waals surface area contributed by atoms with Gasteiger partial charge in [-0.15, -0.1) is 0 Å². The van der Waals surface area contributed by atoms with E-state index in [1.807, 2.05) is 60.7 Å². The Morgan fingerprint density at radius 1 is 1.00 bits per heavy atom. The maximum absolute atomic E-state index is 13.0. The van der Waals surface area contributed by atoms with Crippen LogP contribution in [-0.2, 0) is 27.3 Å². The Morgan fingerprint density at radius 2 is 1.55 bits per heavy atom. The first-order chi connectivity index (χ1) is 13.5. The SMILES string of the molecule is CN(Cc1ccccc1)C(=O)[C@H](Cc1ccccc1)NC(=O)[C@H]1N[C@@H]1C(=O)O.[NaH]. The molecule has 8 heteroatoms. The van der Waals surface area contributed by atoms with Crippen LogP contribution in [0.2, 0.25) is 0 Å². The van der Waals surface area contributed by atoms with Crippen molar-refractivity contribution in [3.63, 3.8) is 0 Å². The maximum atomic E-state index is 13.0. The molecule has 2 amide bonds. The van der Waals surface area contributed by atoms with E-state index in [0.717, 1.165) is 11.1 Å². The second-order valence-electron chi connectivity index (χ2n) is 6.89. The molecule has 1 fully saturated rings. The van der Waals surface area contributed by atoms with Gasteiger partial charge in [0.1, 0.15) is 18.1 Å². The Kier molecular flexibility index (Phi) is 8.40. The number of amides is 2. The van der Waals surface area contributed by atoms with Crippen molar-refractivity contribution in [3.05, 3.63) is 71.8 Å². The summed E-state index contributed by atoms with van der Waals surface area (Å²) in [5, 5.41) is 14.3. The Bertz CT molecular complexity index is 848. The number of carbonyl (C=O) groups is 3. The van der Waals surface area contributed by atoms with Gasteiger partial charge in [0.2, 0.25) is 11.8 Å². The van der Waals surface area contributed by atoms with Gasteiger partial charge in [0.25, 0.3) is 0 Å². The van der Waals surface area contributed by atoms with Crippen LogP contribution in [0.15, 0.2) is 60.7 Å². The van der Waals surface area contributed by atoms with Crippen molar-refractivity contribution >= 4 is 47.3 Å². The topological polar surface area (TPSA) is 109 Å². The summed E-state index contributed by atoms with van der Waals surface area (Å²) in [5.74, 6) is -1.78. The number of carboxylic acid groups (broad SMARTS) is 1. The second-order valence-corrected chi connectivity index (χ2v) is 6.89. The van der Waals surface area contributed by atoms with Gasteiger partial charge in [0.05, 0.1) is 0 Å². The van der Waals surface area contributed by atoms with Crippen LogP contribution in [0.4, 0.5) is 0 Å². The molecule has 1 heterocycles. The van der Waals surface area contributed by atoms with Crippen LogP contribution in [0.1, 0.15) is 11.1 Å². The molecule has 1 saturated heterocycles. The molecule has 0 radical (unpaired) electrons. The molecule has 7 nitrogen and oxygen atoms in total. The first-order valence-corrected chi connectivity index (χ1v) is 9.08. The molecule has 0 saturated carbocycles. The van der Waals surface area contributed by atoms with E-state index >= 15 is 0 Å². The molecule has 3 rings (SSSR count). The Labute approximate surface area is 191 Å². The van der Waals surface area contributed by atoms with Crippen molar-refractivity contribution in [2.45, 2.75) is 31.1 Å². The van der Waals surface area contributed by atoms with Gasteiger partial charge in [-0.3, -0.25) is 19.7 Å². The molecular formula is C21H24N3NaO4. The Morgan fingerprint density at radius 3 is 2.07 bits per heavy atom. The van der Waals surface area contributed by atoms with Crippen LogP contribution < -0.4 is 10.6 Å². The number of rotatable bonds is 8. The zero-order chi connectivity index (χ0) is 20.1. The van der Waals surface area contributed by atoms with E-state index in [4.69, 9.17) is 5.11 Å². The molecule has 0 bridgehead atoms. The van der Waals surface area contributed by atoms with Crippen molar-refractivity contribution in [3.8, 4) is 0 Å². The normalized spacial score (nSPS) is 18.1. The third-order valence-electron chi connectivity index (χ3n) is 4.67. The molecule has 148 valence electrons. The molecule has 3 atom stereocenters. The molecule has 2 aromatic carbocycles. The van der Waals surface area contributed by atoms with Crippen LogP contribution in [0.25, 0.3) is 0 Å². The third-order valence-corrected chi connectivity index (χ3v) is 4.67. The van der Waals surface area contributed by atoms with E-state index in [1.165, 1.54) is 0 Å². The summed E-state index contributed by atoms with van der Waals surface area (Å²) in [5.41, 5.74) is 1.89. The summed E-state index contributed by atoms with van der Waals surface area (Å²) in [6, 6.07) is 16.5. The number of aliphatic carboxylic acids is 1. The molecule has 0 unspecified atom stereocenters. The van der Waals surface area contributed by atoms with Crippen LogP contribution in [0.5, 0.6) is 0 Å². The number of hydrogen-bond donors (Lipinski definition) is 3. The predicted molar refractivity (Wildman–Crippen MR) is 110 cm³/mol. The second kappa shape index (κ2) is 10.5. The van der Waals surface area contributed by atoms with E-state index in [1.54, 1.807) is 11.9 Å². The fourth-order valence-electron chi connectivity index (χ4n) is 3.09. The first kappa shape index (κ1) is 23.1.